The second kappa shape index (κ2) is 3.27. The SMILES string of the molecule is Cc1ccc(-c2nc(O)c(C)c(=O)[nH]2)o1. The van der Waals surface area contributed by atoms with Gasteiger partial charge in [-0.2, -0.15) is 4.98 Å². The number of aromatic hydroxyl groups is 1. The fourth-order valence-electron chi connectivity index (χ4n) is 1.20. The van der Waals surface area contributed by atoms with Gasteiger partial charge in [0.2, 0.25) is 5.88 Å². The standard InChI is InChI=1S/C10H10N2O3/c1-5-3-4-7(15-5)8-11-9(13)6(2)10(14)12-8/h3-4H,1-2H3,(H2,11,12,13,14). The zero-order valence-corrected chi connectivity index (χ0v) is 8.37. The number of aryl methyl sites for hydroxylation is 1. The first-order valence-corrected chi connectivity index (χ1v) is 4.44. The molecule has 0 amide bonds. The molecule has 2 rings (SSSR count). The van der Waals surface area contributed by atoms with Gasteiger partial charge in [0.25, 0.3) is 5.56 Å². The highest BCUT2D eigenvalue weighted by atomic mass is 16.3. The van der Waals surface area contributed by atoms with Crippen LogP contribution in [0.4, 0.5) is 0 Å². The number of nitrogens with one attached hydrogen (secondary N) is 1. The Bertz CT molecular complexity index is 554. The van der Waals surface area contributed by atoms with E-state index in [-0.39, 0.29) is 22.8 Å². The summed E-state index contributed by atoms with van der Waals surface area (Å²) in [6, 6.07) is 3.44. The number of rotatable bonds is 1. The third kappa shape index (κ3) is 1.63. The van der Waals surface area contributed by atoms with Gasteiger partial charge in [-0.1, -0.05) is 0 Å². The monoisotopic (exact) mass is 206 g/mol. The summed E-state index contributed by atoms with van der Waals surface area (Å²) in [4.78, 5) is 17.7. The van der Waals surface area contributed by atoms with Crippen molar-refractivity contribution in [2.75, 3.05) is 0 Å². The Morgan fingerprint density at radius 1 is 1.40 bits per heavy atom. The summed E-state index contributed by atoms with van der Waals surface area (Å²) in [5, 5.41) is 9.38. The second-order valence-electron chi connectivity index (χ2n) is 3.27. The molecule has 15 heavy (non-hydrogen) atoms. The lowest BCUT2D eigenvalue weighted by molar-refractivity contribution is 0.445. The molecule has 0 unspecified atom stereocenters. The molecule has 0 aromatic carbocycles. The van der Waals surface area contributed by atoms with Crippen LogP contribution < -0.4 is 5.56 Å². The van der Waals surface area contributed by atoms with Crippen LogP contribution >= 0.6 is 0 Å². The highest BCUT2D eigenvalue weighted by Gasteiger charge is 2.10. The molecule has 5 nitrogen and oxygen atoms in total. The molecule has 2 aromatic heterocycles. The van der Waals surface area contributed by atoms with E-state index in [1.807, 2.05) is 0 Å². The van der Waals surface area contributed by atoms with Crippen LogP contribution in [-0.2, 0) is 0 Å². The van der Waals surface area contributed by atoms with Gasteiger partial charge in [0.05, 0.1) is 5.56 Å². The molecule has 2 N–H and O–H groups in total. The smallest absolute Gasteiger partial charge is 0.257 e. The third-order valence-corrected chi connectivity index (χ3v) is 2.10. The van der Waals surface area contributed by atoms with E-state index in [9.17, 15) is 9.90 Å². The summed E-state index contributed by atoms with van der Waals surface area (Å²) in [5.41, 5.74) is -0.173. The van der Waals surface area contributed by atoms with E-state index in [4.69, 9.17) is 4.42 Å². The molecule has 0 aliphatic carbocycles. The summed E-state index contributed by atoms with van der Waals surface area (Å²) >= 11 is 0. The van der Waals surface area contributed by atoms with Crippen molar-refractivity contribution >= 4 is 0 Å². The molecule has 0 aliphatic rings. The highest BCUT2D eigenvalue weighted by molar-refractivity contribution is 5.48. The van der Waals surface area contributed by atoms with Gasteiger partial charge in [-0.3, -0.25) is 4.79 Å². The van der Waals surface area contributed by atoms with E-state index in [1.165, 1.54) is 6.92 Å². The van der Waals surface area contributed by atoms with E-state index >= 15 is 0 Å². The minimum atomic E-state index is -0.369. The Morgan fingerprint density at radius 3 is 2.67 bits per heavy atom. The van der Waals surface area contributed by atoms with Crippen LogP contribution in [0, 0.1) is 13.8 Å². The first-order chi connectivity index (χ1) is 7.08. The summed E-state index contributed by atoms with van der Waals surface area (Å²) in [5.74, 6) is 1.10. The van der Waals surface area contributed by atoms with Crippen LogP contribution in [0.2, 0.25) is 0 Å². The van der Waals surface area contributed by atoms with Crippen molar-refractivity contribution < 1.29 is 9.52 Å². The van der Waals surface area contributed by atoms with Crippen molar-refractivity contribution in [2.45, 2.75) is 13.8 Å². The number of aromatic amines is 1. The number of nitrogens with zero attached hydrogens (tertiary/aromatic N) is 1. The number of H-pyrrole nitrogens is 1. The maximum Gasteiger partial charge on any atom is 0.257 e. The van der Waals surface area contributed by atoms with Gasteiger partial charge in [-0.15, -0.1) is 0 Å². The minimum absolute atomic E-state index is 0.196. The molecule has 0 aliphatic heterocycles. The molecule has 0 spiro atoms. The topological polar surface area (TPSA) is 79.1 Å². The fraction of sp³-hybridized carbons (Fsp3) is 0.200. The zero-order chi connectivity index (χ0) is 11.0. The van der Waals surface area contributed by atoms with Crippen molar-refractivity contribution in [3.63, 3.8) is 0 Å². The summed E-state index contributed by atoms with van der Waals surface area (Å²) < 4.78 is 5.28. The van der Waals surface area contributed by atoms with Crippen LogP contribution in [0.1, 0.15) is 11.3 Å². The molecule has 78 valence electrons. The fourth-order valence-corrected chi connectivity index (χ4v) is 1.20. The summed E-state index contributed by atoms with van der Waals surface area (Å²) in [7, 11) is 0. The van der Waals surface area contributed by atoms with Gasteiger partial charge < -0.3 is 14.5 Å². The molecule has 2 heterocycles. The van der Waals surface area contributed by atoms with Gasteiger partial charge >= 0.3 is 0 Å². The quantitative estimate of drug-likeness (QED) is 0.738. The highest BCUT2D eigenvalue weighted by Crippen LogP contribution is 2.19. The van der Waals surface area contributed by atoms with E-state index in [0.29, 0.717) is 11.5 Å². The van der Waals surface area contributed by atoms with Gasteiger partial charge in [0.1, 0.15) is 5.76 Å². The summed E-state index contributed by atoms with van der Waals surface area (Å²) in [6.07, 6.45) is 0. The summed E-state index contributed by atoms with van der Waals surface area (Å²) in [6.45, 7) is 3.29. The normalized spacial score (nSPS) is 10.5. The molecule has 0 saturated carbocycles. The molecule has 0 atom stereocenters. The van der Waals surface area contributed by atoms with Gasteiger partial charge in [0, 0.05) is 0 Å². The number of aromatic nitrogens is 2. The molecule has 5 heteroatoms. The predicted octanol–water partition coefficient (Wildman–Crippen LogP) is 1.35. The Morgan fingerprint density at radius 2 is 2.13 bits per heavy atom. The molecular weight excluding hydrogens is 196 g/mol. The Kier molecular flexibility index (Phi) is 2.07. The van der Waals surface area contributed by atoms with Crippen LogP contribution in [0.15, 0.2) is 21.3 Å². The van der Waals surface area contributed by atoms with Crippen molar-refractivity contribution in [2.24, 2.45) is 0 Å². The van der Waals surface area contributed by atoms with Crippen molar-refractivity contribution in [3.8, 4) is 17.5 Å². The molecule has 0 radical (unpaired) electrons. The Balaban J connectivity index is 2.60. The molecular formula is C10H10N2O3. The van der Waals surface area contributed by atoms with Crippen molar-refractivity contribution in [1.82, 2.24) is 9.97 Å². The molecule has 0 bridgehead atoms. The van der Waals surface area contributed by atoms with Gasteiger partial charge in [-0.25, -0.2) is 0 Å². The second-order valence-corrected chi connectivity index (χ2v) is 3.27. The van der Waals surface area contributed by atoms with Crippen LogP contribution in [-0.4, -0.2) is 15.1 Å². The maximum atomic E-state index is 11.3. The van der Waals surface area contributed by atoms with E-state index in [0.717, 1.165) is 0 Å². The maximum absolute atomic E-state index is 11.3. The lowest BCUT2D eigenvalue weighted by Gasteiger charge is -1.99. The van der Waals surface area contributed by atoms with Gasteiger partial charge in [0.15, 0.2) is 11.6 Å². The number of hydrogen-bond acceptors (Lipinski definition) is 4. The zero-order valence-electron chi connectivity index (χ0n) is 8.37. The van der Waals surface area contributed by atoms with Gasteiger partial charge in [-0.05, 0) is 26.0 Å². The minimum Gasteiger partial charge on any atom is -0.493 e. The largest absolute Gasteiger partial charge is 0.493 e. The van der Waals surface area contributed by atoms with E-state index in [1.54, 1.807) is 19.1 Å². The van der Waals surface area contributed by atoms with Crippen LogP contribution in [0.25, 0.3) is 11.6 Å². The van der Waals surface area contributed by atoms with Crippen LogP contribution in [0.3, 0.4) is 0 Å². The van der Waals surface area contributed by atoms with Crippen molar-refractivity contribution in [3.05, 3.63) is 33.8 Å². The lowest BCUT2D eigenvalue weighted by Crippen LogP contribution is -2.11. The predicted molar refractivity (Wildman–Crippen MR) is 53.7 cm³/mol. The molecule has 2 aromatic rings. The number of hydrogen-bond donors (Lipinski definition) is 2. The first kappa shape index (κ1) is 9.51. The Hall–Kier alpha value is -2.04. The average molecular weight is 206 g/mol. The van der Waals surface area contributed by atoms with E-state index < -0.39 is 0 Å². The average Bonchev–Trinajstić information content (AvgIpc) is 2.60. The molecule has 0 fully saturated rings. The lowest BCUT2D eigenvalue weighted by atomic mass is 10.3. The third-order valence-electron chi connectivity index (χ3n) is 2.10. The van der Waals surface area contributed by atoms with Crippen molar-refractivity contribution in [1.29, 1.82) is 0 Å². The van der Waals surface area contributed by atoms with E-state index in [2.05, 4.69) is 9.97 Å². The Labute approximate surface area is 85.4 Å². The number of furan rings is 1. The first-order valence-electron chi connectivity index (χ1n) is 4.44. The molecule has 0 saturated heterocycles. The van der Waals surface area contributed by atoms with Crippen LogP contribution in [0.5, 0.6) is 5.88 Å².